The highest BCUT2D eigenvalue weighted by Gasteiger charge is 2.11. The van der Waals surface area contributed by atoms with Gasteiger partial charge in [0.15, 0.2) is 0 Å². The molecule has 8 heteroatoms. The average Bonchev–Trinajstić information content (AvgIpc) is 2.59. The zero-order chi connectivity index (χ0) is 18.7. The minimum absolute atomic E-state index is 0.161. The lowest BCUT2D eigenvalue weighted by atomic mass is 10.2. The lowest BCUT2D eigenvalue weighted by Gasteiger charge is -2.08. The number of alkyl halides is 2. The number of aryl methyl sites for hydroxylation is 1. The van der Waals surface area contributed by atoms with Gasteiger partial charge in [0.25, 0.3) is 11.3 Å². The van der Waals surface area contributed by atoms with Gasteiger partial charge in [0, 0.05) is 16.7 Å². The summed E-state index contributed by atoms with van der Waals surface area (Å²) in [6.45, 7) is 1.64. The highest BCUT2D eigenvalue weighted by molar-refractivity contribution is 7.99. The van der Waals surface area contributed by atoms with Crippen molar-refractivity contribution in [3.05, 3.63) is 75.8 Å². The van der Waals surface area contributed by atoms with Gasteiger partial charge < -0.3 is 4.74 Å². The van der Waals surface area contributed by atoms with Crippen molar-refractivity contribution in [3.63, 3.8) is 0 Å². The number of pyridine rings is 1. The van der Waals surface area contributed by atoms with Crippen molar-refractivity contribution in [3.8, 4) is 0 Å². The SMILES string of the molecule is Cc1cccc2nc(COC(=O)c3ccc(SC(F)F)cc3)cc(=O)n12. The fraction of sp³-hybridized carbons (Fsp3) is 0.167. The van der Waals surface area contributed by atoms with E-state index in [1.807, 2.05) is 0 Å². The molecule has 0 unspecified atom stereocenters. The van der Waals surface area contributed by atoms with E-state index in [1.54, 1.807) is 25.1 Å². The maximum absolute atomic E-state index is 12.3. The first kappa shape index (κ1) is 18.1. The first-order chi connectivity index (χ1) is 12.4. The maximum Gasteiger partial charge on any atom is 0.338 e. The third-order valence-electron chi connectivity index (χ3n) is 3.60. The predicted octanol–water partition coefficient (Wildman–Crippen LogP) is 3.67. The van der Waals surface area contributed by atoms with Gasteiger partial charge in [-0.1, -0.05) is 17.8 Å². The molecule has 0 aliphatic rings. The second-order valence-corrected chi connectivity index (χ2v) is 6.49. The molecule has 0 atom stereocenters. The van der Waals surface area contributed by atoms with E-state index in [0.29, 0.717) is 28.0 Å². The van der Waals surface area contributed by atoms with Gasteiger partial charge in [0.1, 0.15) is 12.3 Å². The number of nitrogens with zero attached hydrogens (tertiary/aromatic N) is 2. The number of esters is 1. The Hall–Kier alpha value is -2.74. The van der Waals surface area contributed by atoms with Gasteiger partial charge in [-0.2, -0.15) is 8.78 Å². The van der Waals surface area contributed by atoms with Gasteiger partial charge in [-0.15, -0.1) is 0 Å². The van der Waals surface area contributed by atoms with Crippen molar-refractivity contribution in [2.75, 3.05) is 0 Å². The Labute approximate surface area is 151 Å². The van der Waals surface area contributed by atoms with Crippen molar-refractivity contribution in [1.82, 2.24) is 9.38 Å². The van der Waals surface area contributed by atoms with Crippen molar-refractivity contribution < 1.29 is 18.3 Å². The van der Waals surface area contributed by atoms with Crippen LogP contribution in [-0.2, 0) is 11.3 Å². The molecule has 2 heterocycles. The van der Waals surface area contributed by atoms with E-state index in [9.17, 15) is 18.4 Å². The van der Waals surface area contributed by atoms with Crippen molar-refractivity contribution in [2.45, 2.75) is 24.2 Å². The first-order valence-corrected chi connectivity index (χ1v) is 8.52. The Morgan fingerprint density at radius 3 is 2.65 bits per heavy atom. The van der Waals surface area contributed by atoms with Crippen molar-refractivity contribution >= 4 is 23.4 Å². The predicted molar refractivity (Wildman–Crippen MR) is 93.6 cm³/mol. The number of carbonyl (C=O) groups excluding carboxylic acids is 1. The van der Waals surface area contributed by atoms with Gasteiger partial charge in [-0.25, -0.2) is 9.78 Å². The fourth-order valence-corrected chi connectivity index (χ4v) is 2.93. The van der Waals surface area contributed by atoms with Crippen LogP contribution in [0.15, 0.2) is 58.2 Å². The first-order valence-electron chi connectivity index (χ1n) is 7.64. The molecule has 0 saturated heterocycles. The third-order valence-corrected chi connectivity index (χ3v) is 4.32. The number of hydrogen-bond acceptors (Lipinski definition) is 5. The summed E-state index contributed by atoms with van der Waals surface area (Å²) in [6, 6.07) is 12.3. The van der Waals surface area contributed by atoms with E-state index in [0.717, 1.165) is 5.69 Å². The van der Waals surface area contributed by atoms with Crippen LogP contribution in [-0.4, -0.2) is 21.1 Å². The number of fused-ring (bicyclic) bond motifs is 1. The smallest absolute Gasteiger partial charge is 0.338 e. The molecule has 3 rings (SSSR count). The Morgan fingerprint density at radius 1 is 1.23 bits per heavy atom. The summed E-state index contributed by atoms with van der Waals surface area (Å²) in [5.74, 6) is -3.14. The molecule has 0 aliphatic carbocycles. The molecule has 0 amide bonds. The summed E-state index contributed by atoms with van der Waals surface area (Å²) >= 11 is 0.400. The molecular formula is C18H14F2N2O3S. The van der Waals surface area contributed by atoms with Gasteiger partial charge in [-0.3, -0.25) is 9.20 Å². The van der Waals surface area contributed by atoms with E-state index >= 15 is 0 Å². The monoisotopic (exact) mass is 376 g/mol. The molecule has 1 aromatic carbocycles. The molecule has 26 heavy (non-hydrogen) atoms. The molecule has 2 aromatic heterocycles. The summed E-state index contributed by atoms with van der Waals surface area (Å²) in [4.78, 5) is 28.9. The quantitative estimate of drug-likeness (QED) is 0.502. The second-order valence-electron chi connectivity index (χ2n) is 5.43. The molecule has 0 radical (unpaired) electrons. The zero-order valence-corrected chi connectivity index (χ0v) is 14.5. The number of halogens is 2. The molecule has 0 saturated carbocycles. The molecule has 0 spiro atoms. The molecular weight excluding hydrogens is 362 g/mol. The summed E-state index contributed by atoms with van der Waals surface area (Å²) in [5.41, 5.74) is 1.53. The summed E-state index contributed by atoms with van der Waals surface area (Å²) in [7, 11) is 0. The van der Waals surface area contributed by atoms with E-state index in [-0.39, 0.29) is 17.7 Å². The number of aromatic nitrogens is 2. The van der Waals surface area contributed by atoms with Crippen LogP contribution < -0.4 is 5.56 Å². The van der Waals surface area contributed by atoms with Crippen LogP contribution in [0.5, 0.6) is 0 Å². The van der Waals surface area contributed by atoms with E-state index in [2.05, 4.69) is 4.98 Å². The van der Waals surface area contributed by atoms with Crippen LogP contribution >= 0.6 is 11.8 Å². The van der Waals surface area contributed by atoms with Gasteiger partial charge in [-0.05, 0) is 43.3 Å². The largest absolute Gasteiger partial charge is 0.456 e. The number of thioether (sulfide) groups is 1. The number of hydrogen-bond donors (Lipinski definition) is 0. The number of rotatable bonds is 5. The highest BCUT2D eigenvalue weighted by atomic mass is 32.2. The van der Waals surface area contributed by atoms with Crippen LogP contribution in [0.1, 0.15) is 21.7 Å². The van der Waals surface area contributed by atoms with Gasteiger partial charge in [0.2, 0.25) is 0 Å². The van der Waals surface area contributed by atoms with Gasteiger partial charge >= 0.3 is 5.97 Å². The topological polar surface area (TPSA) is 60.7 Å². The molecule has 0 N–H and O–H groups in total. The molecule has 3 aromatic rings. The summed E-state index contributed by atoms with van der Waals surface area (Å²) < 4.78 is 31.2. The summed E-state index contributed by atoms with van der Waals surface area (Å²) in [6.07, 6.45) is 0. The van der Waals surface area contributed by atoms with E-state index < -0.39 is 11.7 Å². The van der Waals surface area contributed by atoms with Crippen molar-refractivity contribution in [1.29, 1.82) is 0 Å². The van der Waals surface area contributed by atoms with Gasteiger partial charge in [0.05, 0.1) is 11.3 Å². The van der Waals surface area contributed by atoms with Crippen LogP contribution in [0, 0.1) is 6.92 Å². The van der Waals surface area contributed by atoms with E-state index in [1.165, 1.54) is 34.7 Å². The normalized spacial score (nSPS) is 11.1. The van der Waals surface area contributed by atoms with Crippen LogP contribution in [0.2, 0.25) is 0 Å². The standard InChI is InChI=1S/C18H14F2N2O3S/c1-11-3-2-4-15-21-13(9-16(23)22(11)15)10-25-17(24)12-5-7-14(8-6-12)26-18(19)20/h2-9,18H,10H2,1H3. The molecule has 134 valence electrons. The second kappa shape index (κ2) is 7.65. The van der Waals surface area contributed by atoms with Crippen LogP contribution in [0.3, 0.4) is 0 Å². The Morgan fingerprint density at radius 2 is 1.96 bits per heavy atom. The third kappa shape index (κ3) is 4.08. The molecule has 0 bridgehead atoms. The summed E-state index contributed by atoms with van der Waals surface area (Å²) in [5, 5.41) is 0. The van der Waals surface area contributed by atoms with Crippen LogP contribution in [0.25, 0.3) is 5.65 Å². The lowest BCUT2D eigenvalue weighted by molar-refractivity contribution is 0.0467. The Bertz CT molecular complexity index is 1000. The average molecular weight is 376 g/mol. The molecule has 0 aliphatic heterocycles. The van der Waals surface area contributed by atoms with E-state index in [4.69, 9.17) is 4.74 Å². The number of ether oxygens (including phenoxy) is 1. The van der Waals surface area contributed by atoms with Crippen LogP contribution in [0.4, 0.5) is 8.78 Å². The molecule has 5 nitrogen and oxygen atoms in total. The number of carbonyl (C=O) groups is 1. The number of benzene rings is 1. The zero-order valence-electron chi connectivity index (χ0n) is 13.7. The maximum atomic E-state index is 12.3. The van der Waals surface area contributed by atoms with Crippen molar-refractivity contribution in [2.24, 2.45) is 0 Å². The Kier molecular flexibility index (Phi) is 5.32. The molecule has 0 fully saturated rings. The highest BCUT2D eigenvalue weighted by Crippen LogP contribution is 2.25. The fourth-order valence-electron chi connectivity index (χ4n) is 2.43. The minimum Gasteiger partial charge on any atom is -0.456 e. The lowest BCUT2D eigenvalue weighted by Crippen LogP contribution is -2.18. The Balaban J connectivity index is 1.71. The minimum atomic E-state index is -2.52.